The van der Waals surface area contributed by atoms with Crippen molar-refractivity contribution in [2.24, 2.45) is 0 Å². The third-order valence-electron chi connectivity index (χ3n) is 3.36. The van der Waals surface area contributed by atoms with E-state index in [1.54, 1.807) is 62.8 Å². The number of rotatable bonds is 5. The lowest BCUT2D eigenvalue weighted by Crippen LogP contribution is -2.26. The van der Waals surface area contributed by atoms with Gasteiger partial charge >= 0.3 is 0 Å². The normalized spacial score (nSPS) is 10.5. The summed E-state index contributed by atoms with van der Waals surface area (Å²) in [7, 11) is 3.17. The number of benzene rings is 1. The number of hydrogen-bond donors (Lipinski definition) is 1. The minimum absolute atomic E-state index is 0.216. The van der Waals surface area contributed by atoms with Gasteiger partial charge in [-0.2, -0.15) is 0 Å². The molecule has 0 saturated carbocycles. The second-order valence-electron chi connectivity index (χ2n) is 4.98. The van der Waals surface area contributed by atoms with Crippen LogP contribution in [0, 0.1) is 0 Å². The molecule has 24 heavy (non-hydrogen) atoms. The highest BCUT2D eigenvalue weighted by Crippen LogP contribution is 2.26. The maximum Gasteiger partial charge on any atom is 0.258 e. The Morgan fingerprint density at radius 3 is 2.71 bits per heavy atom. The van der Waals surface area contributed by atoms with Crippen LogP contribution in [0.4, 0.5) is 11.4 Å². The molecule has 0 aliphatic rings. The lowest BCUT2D eigenvalue weighted by atomic mass is 10.1. The molecule has 1 heterocycles. The highest BCUT2D eigenvalue weighted by atomic mass is 16.5. The molecular weight excluding hydrogens is 306 g/mol. The molecule has 2 rings (SSSR count). The van der Waals surface area contributed by atoms with Gasteiger partial charge in [-0.05, 0) is 43.3 Å². The van der Waals surface area contributed by atoms with Crippen LogP contribution in [0.3, 0.4) is 0 Å². The molecule has 0 radical (unpaired) electrons. The minimum atomic E-state index is -0.291. The number of nitrogens with one attached hydrogen (secondary N) is 1. The van der Waals surface area contributed by atoms with Crippen LogP contribution in [0.15, 0.2) is 54.9 Å². The molecule has 0 spiro atoms. The molecule has 1 aromatic heterocycles. The van der Waals surface area contributed by atoms with Crippen molar-refractivity contribution >= 4 is 23.2 Å². The molecular formula is C18H19N3O3. The molecule has 6 nitrogen and oxygen atoms in total. The molecule has 1 aromatic carbocycles. The summed E-state index contributed by atoms with van der Waals surface area (Å²) < 4.78 is 5.23. The first-order valence-electron chi connectivity index (χ1n) is 7.36. The van der Waals surface area contributed by atoms with Gasteiger partial charge in [0, 0.05) is 18.8 Å². The maximum atomic E-state index is 12.6. The van der Waals surface area contributed by atoms with Crippen LogP contribution in [0.1, 0.15) is 17.3 Å². The van der Waals surface area contributed by atoms with Crippen LogP contribution in [0.2, 0.25) is 0 Å². The molecule has 124 valence electrons. The van der Waals surface area contributed by atoms with Crippen molar-refractivity contribution in [3.05, 3.63) is 60.4 Å². The van der Waals surface area contributed by atoms with E-state index in [4.69, 9.17) is 4.74 Å². The Bertz CT molecular complexity index is 757. The minimum Gasteiger partial charge on any atom is -0.495 e. The van der Waals surface area contributed by atoms with E-state index >= 15 is 0 Å². The molecule has 0 aliphatic heterocycles. The first-order valence-corrected chi connectivity index (χ1v) is 7.36. The lowest BCUT2D eigenvalue weighted by molar-refractivity contribution is -0.111. The third-order valence-corrected chi connectivity index (χ3v) is 3.36. The number of ether oxygens (including phenoxy) is 1. The molecule has 2 aromatic rings. The van der Waals surface area contributed by atoms with Crippen molar-refractivity contribution in [1.29, 1.82) is 0 Å². The van der Waals surface area contributed by atoms with E-state index in [0.717, 1.165) is 0 Å². The highest BCUT2D eigenvalue weighted by Gasteiger charge is 2.16. The van der Waals surface area contributed by atoms with Crippen molar-refractivity contribution in [3.63, 3.8) is 0 Å². The van der Waals surface area contributed by atoms with E-state index in [2.05, 4.69) is 10.3 Å². The van der Waals surface area contributed by atoms with Crippen molar-refractivity contribution < 1.29 is 14.3 Å². The topological polar surface area (TPSA) is 71.5 Å². The Hall–Kier alpha value is -3.15. The van der Waals surface area contributed by atoms with Gasteiger partial charge in [-0.15, -0.1) is 0 Å². The predicted molar refractivity (Wildman–Crippen MR) is 93.4 cm³/mol. The fourth-order valence-corrected chi connectivity index (χ4v) is 2.13. The van der Waals surface area contributed by atoms with Crippen LogP contribution in [-0.2, 0) is 4.79 Å². The van der Waals surface area contributed by atoms with Crippen molar-refractivity contribution in [2.45, 2.75) is 6.92 Å². The van der Waals surface area contributed by atoms with Crippen LogP contribution in [0.5, 0.6) is 5.75 Å². The molecule has 0 bridgehead atoms. The molecule has 1 N–H and O–H groups in total. The van der Waals surface area contributed by atoms with Crippen LogP contribution in [0.25, 0.3) is 0 Å². The zero-order valence-electron chi connectivity index (χ0n) is 13.8. The van der Waals surface area contributed by atoms with Crippen molar-refractivity contribution in [3.8, 4) is 5.75 Å². The van der Waals surface area contributed by atoms with E-state index in [-0.39, 0.29) is 11.8 Å². The quantitative estimate of drug-likeness (QED) is 0.858. The summed E-state index contributed by atoms with van der Waals surface area (Å²) in [6.45, 7) is 1.75. The Balaban J connectivity index is 2.30. The zero-order chi connectivity index (χ0) is 17.5. The summed E-state index contributed by atoms with van der Waals surface area (Å²) in [5.74, 6) is -0.0263. The first-order chi connectivity index (χ1) is 11.6. The number of carbonyl (C=O) groups is 2. The zero-order valence-corrected chi connectivity index (χ0v) is 13.8. The van der Waals surface area contributed by atoms with Crippen LogP contribution < -0.4 is 15.0 Å². The van der Waals surface area contributed by atoms with E-state index in [1.165, 1.54) is 18.1 Å². The Labute approximate surface area is 140 Å². The Kier molecular flexibility index (Phi) is 5.68. The molecule has 6 heteroatoms. The van der Waals surface area contributed by atoms with Gasteiger partial charge in [0.25, 0.3) is 5.91 Å². The number of hydrogen-bond acceptors (Lipinski definition) is 4. The number of allylic oxidation sites excluding steroid dienone is 1. The average Bonchev–Trinajstić information content (AvgIpc) is 2.61. The number of aromatic nitrogens is 1. The predicted octanol–water partition coefficient (Wildman–Crippen LogP) is 2.88. The van der Waals surface area contributed by atoms with E-state index in [0.29, 0.717) is 22.7 Å². The summed E-state index contributed by atoms with van der Waals surface area (Å²) in [6, 6.07) is 8.45. The molecule has 0 fully saturated rings. The van der Waals surface area contributed by atoms with Gasteiger partial charge in [0.2, 0.25) is 5.91 Å². The van der Waals surface area contributed by atoms with Gasteiger partial charge in [-0.25, -0.2) is 0 Å². The van der Waals surface area contributed by atoms with Gasteiger partial charge in [0.1, 0.15) is 5.75 Å². The van der Waals surface area contributed by atoms with Gasteiger partial charge in [-0.1, -0.05) is 6.08 Å². The Morgan fingerprint density at radius 1 is 1.29 bits per heavy atom. The number of carbonyl (C=O) groups excluding carboxylic acids is 2. The van der Waals surface area contributed by atoms with Gasteiger partial charge in [0.05, 0.1) is 24.7 Å². The van der Waals surface area contributed by atoms with Gasteiger partial charge < -0.3 is 15.0 Å². The number of pyridine rings is 1. The second kappa shape index (κ2) is 7.92. The molecule has 0 aliphatic carbocycles. The summed E-state index contributed by atoms with van der Waals surface area (Å²) in [4.78, 5) is 29.9. The van der Waals surface area contributed by atoms with Crippen molar-refractivity contribution in [2.75, 3.05) is 24.4 Å². The van der Waals surface area contributed by atoms with Crippen LogP contribution in [-0.4, -0.2) is 31.0 Å². The van der Waals surface area contributed by atoms with Crippen LogP contribution >= 0.6 is 0 Å². The molecule has 0 unspecified atom stereocenters. The Morgan fingerprint density at radius 2 is 2.08 bits per heavy atom. The molecule has 0 atom stereocenters. The monoisotopic (exact) mass is 325 g/mol. The maximum absolute atomic E-state index is 12.6. The van der Waals surface area contributed by atoms with Gasteiger partial charge in [0.15, 0.2) is 0 Å². The molecule has 2 amide bonds. The molecule has 0 saturated heterocycles. The van der Waals surface area contributed by atoms with E-state index in [1.807, 2.05) is 0 Å². The van der Waals surface area contributed by atoms with Gasteiger partial charge in [-0.3, -0.25) is 14.6 Å². The first kappa shape index (κ1) is 17.2. The van der Waals surface area contributed by atoms with E-state index in [9.17, 15) is 9.59 Å². The number of nitrogens with zero attached hydrogens (tertiary/aromatic N) is 2. The number of amides is 2. The average molecular weight is 325 g/mol. The lowest BCUT2D eigenvalue weighted by Gasteiger charge is -2.18. The standard InChI is InChI=1S/C18H19N3O3/c1-4-6-17(22)20-15-11-13(8-9-16(15)24-3)18(23)21(2)14-7-5-10-19-12-14/h4-12H,1-3H3,(H,20,22)/b6-4+. The summed E-state index contributed by atoms with van der Waals surface area (Å²) in [5, 5.41) is 2.70. The SMILES string of the molecule is C/C=C/C(=O)Nc1cc(C(=O)N(C)c2cccnc2)ccc1OC. The van der Waals surface area contributed by atoms with Crippen molar-refractivity contribution in [1.82, 2.24) is 4.98 Å². The smallest absolute Gasteiger partial charge is 0.258 e. The highest BCUT2D eigenvalue weighted by molar-refractivity contribution is 6.07. The summed E-state index contributed by atoms with van der Waals surface area (Å²) >= 11 is 0. The summed E-state index contributed by atoms with van der Waals surface area (Å²) in [5.41, 5.74) is 1.54. The third kappa shape index (κ3) is 3.98. The van der Waals surface area contributed by atoms with E-state index < -0.39 is 0 Å². The number of methoxy groups -OCH3 is 1. The fourth-order valence-electron chi connectivity index (χ4n) is 2.13. The fraction of sp³-hybridized carbons (Fsp3) is 0.167. The summed E-state index contributed by atoms with van der Waals surface area (Å²) in [6.07, 6.45) is 6.28. The number of anilines is 2. The largest absolute Gasteiger partial charge is 0.495 e. The second-order valence-corrected chi connectivity index (χ2v) is 4.98.